The highest BCUT2D eigenvalue weighted by Crippen LogP contribution is 2.48. The molecule has 1 aliphatic rings. The summed E-state index contributed by atoms with van der Waals surface area (Å²) in [4.78, 5) is 6.50. The van der Waals surface area contributed by atoms with Gasteiger partial charge in [0, 0.05) is 12.0 Å². The van der Waals surface area contributed by atoms with E-state index in [0.29, 0.717) is 0 Å². The Balaban J connectivity index is 1.99. The van der Waals surface area contributed by atoms with Gasteiger partial charge in [-0.1, -0.05) is 60.7 Å². The molecule has 0 bridgehead atoms. The maximum Gasteiger partial charge on any atom is 0.114 e. The average molecular weight is 295 g/mol. The Morgan fingerprint density at radius 2 is 1.50 bits per heavy atom. The van der Waals surface area contributed by atoms with E-state index < -0.39 is 0 Å². The van der Waals surface area contributed by atoms with Gasteiger partial charge in [-0.25, -0.2) is 0 Å². The molecule has 0 spiro atoms. The first-order valence-corrected chi connectivity index (χ1v) is 7.99. The zero-order valence-electron chi connectivity index (χ0n) is 13.9. The van der Waals surface area contributed by atoms with Crippen LogP contribution in [0, 0.1) is 0 Å². The number of hydroxylamine groups is 2. The van der Waals surface area contributed by atoms with Crippen LogP contribution in [0.2, 0.25) is 0 Å². The van der Waals surface area contributed by atoms with E-state index in [1.807, 2.05) is 0 Å². The SMILES string of the molecule is CC(C)(C)N1O[C@@](C)(c2ccccc2)C[C@@H]1c1ccccc1. The Hall–Kier alpha value is -1.64. The van der Waals surface area contributed by atoms with Gasteiger partial charge in [0.05, 0.1) is 6.04 Å². The summed E-state index contributed by atoms with van der Waals surface area (Å²) in [5.41, 5.74) is 2.22. The van der Waals surface area contributed by atoms with Gasteiger partial charge in [0.25, 0.3) is 0 Å². The fraction of sp³-hybridized carbons (Fsp3) is 0.400. The lowest BCUT2D eigenvalue weighted by Gasteiger charge is -2.36. The van der Waals surface area contributed by atoms with Crippen LogP contribution in [-0.4, -0.2) is 10.6 Å². The Morgan fingerprint density at radius 3 is 2.05 bits per heavy atom. The molecule has 0 saturated carbocycles. The van der Waals surface area contributed by atoms with Gasteiger partial charge in [-0.05, 0) is 38.8 Å². The summed E-state index contributed by atoms with van der Waals surface area (Å²) in [6.45, 7) is 8.82. The van der Waals surface area contributed by atoms with E-state index in [2.05, 4.69) is 93.4 Å². The van der Waals surface area contributed by atoms with Gasteiger partial charge in [0.2, 0.25) is 0 Å². The van der Waals surface area contributed by atoms with Crippen molar-refractivity contribution in [2.45, 2.75) is 51.3 Å². The first kappa shape index (κ1) is 15.3. The molecule has 0 radical (unpaired) electrons. The molecule has 22 heavy (non-hydrogen) atoms. The van der Waals surface area contributed by atoms with Crippen molar-refractivity contribution in [2.75, 3.05) is 0 Å². The summed E-state index contributed by atoms with van der Waals surface area (Å²) in [5, 5.41) is 2.18. The summed E-state index contributed by atoms with van der Waals surface area (Å²) in [5.74, 6) is 0. The van der Waals surface area contributed by atoms with Crippen molar-refractivity contribution in [3.63, 3.8) is 0 Å². The van der Waals surface area contributed by atoms with E-state index in [-0.39, 0.29) is 17.2 Å². The molecule has 3 rings (SSSR count). The molecule has 2 aromatic carbocycles. The van der Waals surface area contributed by atoms with Gasteiger partial charge in [-0.2, -0.15) is 5.06 Å². The molecule has 0 aliphatic carbocycles. The molecular weight excluding hydrogens is 270 g/mol. The van der Waals surface area contributed by atoms with Crippen molar-refractivity contribution in [3.8, 4) is 0 Å². The van der Waals surface area contributed by atoms with Crippen LogP contribution in [0.4, 0.5) is 0 Å². The lowest BCUT2D eigenvalue weighted by atomic mass is 9.87. The second-order valence-corrected chi connectivity index (χ2v) is 7.32. The zero-order chi connectivity index (χ0) is 15.8. The molecule has 116 valence electrons. The van der Waals surface area contributed by atoms with Crippen molar-refractivity contribution in [2.24, 2.45) is 0 Å². The minimum Gasteiger partial charge on any atom is -0.287 e. The van der Waals surface area contributed by atoms with Crippen LogP contribution in [0.25, 0.3) is 0 Å². The summed E-state index contributed by atoms with van der Waals surface area (Å²) in [6.07, 6.45) is 0.957. The molecule has 0 N–H and O–H groups in total. The lowest BCUT2D eigenvalue weighted by molar-refractivity contribution is -0.246. The molecule has 2 heteroatoms. The highest BCUT2D eigenvalue weighted by molar-refractivity contribution is 5.27. The molecule has 2 aromatic rings. The first-order valence-electron chi connectivity index (χ1n) is 7.99. The van der Waals surface area contributed by atoms with E-state index >= 15 is 0 Å². The van der Waals surface area contributed by atoms with E-state index in [0.717, 1.165) is 6.42 Å². The molecule has 0 aromatic heterocycles. The monoisotopic (exact) mass is 295 g/mol. The topological polar surface area (TPSA) is 12.5 Å². The number of benzene rings is 2. The fourth-order valence-electron chi connectivity index (χ4n) is 3.26. The van der Waals surface area contributed by atoms with Crippen molar-refractivity contribution in [3.05, 3.63) is 71.8 Å². The molecular formula is C20H25NO. The molecule has 1 aliphatic heterocycles. The summed E-state index contributed by atoms with van der Waals surface area (Å²) >= 11 is 0. The minimum atomic E-state index is -0.283. The van der Waals surface area contributed by atoms with Crippen LogP contribution < -0.4 is 0 Å². The van der Waals surface area contributed by atoms with Crippen molar-refractivity contribution in [1.82, 2.24) is 5.06 Å². The second-order valence-electron chi connectivity index (χ2n) is 7.32. The normalized spacial score (nSPS) is 26.3. The Morgan fingerprint density at radius 1 is 0.955 bits per heavy atom. The van der Waals surface area contributed by atoms with Gasteiger partial charge in [-0.15, -0.1) is 0 Å². The fourth-order valence-corrected chi connectivity index (χ4v) is 3.26. The van der Waals surface area contributed by atoms with Crippen LogP contribution in [0.3, 0.4) is 0 Å². The Kier molecular flexibility index (Phi) is 3.84. The molecule has 0 unspecified atom stereocenters. The summed E-state index contributed by atoms with van der Waals surface area (Å²) in [6, 6.07) is 21.5. The van der Waals surface area contributed by atoms with Crippen LogP contribution >= 0.6 is 0 Å². The number of hydrogen-bond acceptors (Lipinski definition) is 2. The van der Waals surface area contributed by atoms with Crippen LogP contribution in [0.15, 0.2) is 60.7 Å². The standard InChI is InChI=1S/C20H25NO/c1-19(2,3)21-18(16-11-7-5-8-12-16)15-20(4,22-21)17-13-9-6-10-14-17/h5-14,18H,15H2,1-4H3/t18-,20-/m1/s1. The first-order chi connectivity index (χ1) is 10.4. The van der Waals surface area contributed by atoms with Crippen molar-refractivity contribution in [1.29, 1.82) is 0 Å². The van der Waals surface area contributed by atoms with Crippen molar-refractivity contribution < 1.29 is 4.84 Å². The Labute approximate surface area is 133 Å². The minimum absolute atomic E-state index is 0.0486. The maximum atomic E-state index is 6.50. The third-order valence-electron chi connectivity index (χ3n) is 4.40. The van der Waals surface area contributed by atoms with E-state index in [9.17, 15) is 0 Å². The predicted octanol–water partition coefficient (Wildman–Crippen LogP) is 5.08. The second kappa shape index (κ2) is 5.53. The molecule has 2 nitrogen and oxygen atoms in total. The highest BCUT2D eigenvalue weighted by atomic mass is 16.7. The largest absolute Gasteiger partial charge is 0.287 e. The summed E-state index contributed by atoms with van der Waals surface area (Å²) < 4.78 is 0. The Bertz CT molecular complexity index is 617. The highest BCUT2D eigenvalue weighted by Gasteiger charge is 2.47. The third kappa shape index (κ3) is 2.81. The molecule has 1 fully saturated rings. The van der Waals surface area contributed by atoms with E-state index in [4.69, 9.17) is 4.84 Å². The lowest BCUT2D eigenvalue weighted by Crippen LogP contribution is -2.41. The smallest absolute Gasteiger partial charge is 0.114 e. The zero-order valence-corrected chi connectivity index (χ0v) is 13.9. The molecule has 1 heterocycles. The van der Waals surface area contributed by atoms with Gasteiger partial charge >= 0.3 is 0 Å². The number of rotatable bonds is 2. The van der Waals surface area contributed by atoms with Crippen molar-refractivity contribution >= 4 is 0 Å². The van der Waals surface area contributed by atoms with Crippen LogP contribution in [0.5, 0.6) is 0 Å². The van der Waals surface area contributed by atoms with Gasteiger partial charge in [-0.3, -0.25) is 4.84 Å². The molecule has 0 amide bonds. The molecule has 1 saturated heterocycles. The van der Waals surface area contributed by atoms with E-state index in [1.165, 1.54) is 11.1 Å². The van der Waals surface area contributed by atoms with Gasteiger partial charge in [0.15, 0.2) is 0 Å². The number of hydrogen-bond donors (Lipinski definition) is 0. The maximum absolute atomic E-state index is 6.50. The molecule has 2 atom stereocenters. The predicted molar refractivity (Wildman–Crippen MR) is 90.3 cm³/mol. The quantitative estimate of drug-likeness (QED) is 0.766. The van der Waals surface area contributed by atoms with Gasteiger partial charge in [0.1, 0.15) is 5.60 Å². The van der Waals surface area contributed by atoms with Crippen LogP contribution in [0.1, 0.15) is 51.3 Å². The van der Waals surface area contributed by atoms with E-state index in [1.54, 1.807) is 0 Å². The summed E-state index contributed by atoms with van der Waals surface area (Å²) in [7, 11) is 0. The average Bonchev–Trinajstić information content (AvgIpc) is 2.89. The third-order valence-corrected chi connectivity index (χ3v) is 4.40. The van der Waals surface area contributed by atoms with Crippen LogP contribution in [-0.2, 0) is 10.4 Å². The van der Waals surface area contributed by atoms with Gasteiger partial charge < -0.3 is 0 Å². The number of nitrogens with zero attached hydrogens (tertiary/aromatic N) is 1.